The molecule has 0 aromatic heterocycles. The monoisotopic (exact) mass is 250 g/mol. The molecule has 6 heteroatoms. The highest BCUT2D eigenvalue weighted by molar-refractivity contribution is 6.07. The van der Waals surface area contributed by atoms with E-state index in [1.165, 1.54) is 0 Å². The summed E-state index contributed by atoms with van der Waals surface area (Å²) in [5.74, 6) is 1.04. The quantitative estimate of drug-likeness (QED) is 0.661. The number of nitrogens with one attached hydrogen (secondary N) is 2. The third-order valence-electron chi connectivity index (χ3n) is 3.59. The van der Waals surface area contributed by atoms with Crippen molar-refractivity contribution in [1.82, 2.24) is 10.6 Å². The van der Waals surface area contributed by atoms with Crippen molar-refractivity contribution in [3.63, 3.8) is 0 Å². The highest BCUT2D eigenvalue weighted by Gasteiger charge is 2.48. The SMILES string of the molecule is CC1(C2C=CC3=C(C2)OCCO3)NC(=O)NC1=O. The van der Waals surface area contributed by atoms with Crippen LogP contribution in [-0.2, 0) is 14.3 Å². The van der Waals surface area contributed by atoms with Gasteiger partial charge in [-0.2, -0.15) is 0 Å². The standard InChI is InChI=1S/C12H14N2O4/c1-12(10(15)13-11(16)14-12)7-2-3-8-9(6-7)18-5-4-17-8/h2-3,7H,4-6H2,1H3,(H2,13,14,15,16). The normalized spacial score (nSPS) is 34.4. The van der Waals surface area contributed by atoms with E-state index in [0.717, 1.165) is 11.5 Å². The number of imide groups is 1. The van der Waals surface area contributed by atoms with Crippen molar-refractivity contribution in [1.29, 1.82) is 0 Å². The fraction of sp³-hybridized carbons (Fsp3) is 0.500. The predicted molar refractivity (Wildman–Crippen MR) is 61.3 cm³/mol. The molecule has 1 saturated heterocycles. The molecule has 0 radical (unpaired) electrons. The number of hydrogen-bond donors (Lipinski definition) is 2. The Bertz CT molecular complexity index is 482. The zero-order valence-electron chi connectivity index (χ0n) is 9.99. The lowest BCUT2D eigenvalue weighted by Crippen LogP contribution is -2.50. The maximum atomic E-state index is 11.8. The van der Waals surface area contributed by atoms with E-state index in [0.29, 0.717) is 19.6 Å². The second-order valence-electron chi connectivity index (χ2n) is 4.76. The lowest BCUT2D eigenvalue weighted by atomic mass is 9.80. The Morgan fingerprint density at radius 1 is 1.33 bits per heavy atom. The van der Waals surface area contributed by atoms with Crippen LogP contribution >= 0.6 is 0 Å². The van der Waals surface area contributed by atoms with Gasteiger partial charge in [0.15, 0.2) is 5.76 Å². The minimum atomic E-state index is -0.924. The van der Waals surface area contributed by atoms with Gasteiger partial charge in [0.05, 0.1) is 0 Å². The Labute approximate surface area is 104 Å². The predicted octanol–water partition coefficient (Wildman–Crippen LogP) is 0.419. The molecule has 2 atom stereocenters. The molecule has 3 aliphatic rings. The number of carbonyl (C=O) groups excluding carboxylic acids is 2. The molecule has 2 heterocycles. The van der Waals surface area contributed by atoms with Gasteiger partial charge in [-0.25, -0.2) is 4.79 Å². The van der Waals surface area contributed by atoms with E-state index in [1.54, 1.807) is 6.92 Å². The van der Waals surface area contributed by atoms with Gasteiger partial charge in [0.1, 0.15) is 24.5 Å². The molecule has 0 saturated carbocycles. The smallest absolute Gasteiger partial charge is 0.322 e. The van der Waals surface area contributed by atoms with Crippen molar-refractivity contribution in [2.45, 2.75) is 18.9 Å². The van der Waals surface area contributed by atoms with Crippen LogP contribution in [0.25, 0.3) is 0 Å². The fourth-order valence-corrected chi connectivity index (χ4v) is 2.45. The first-order valence-electron chi connectivity index (χ1n) is 5.90. The van der Waals surface area contributed by atoms with Crippen LogP contribution in [0.4, 0.5) is 4.79 Å². The van der Waals surface area contributed by atoms with Crippen LogP contribution in [0.15, 0.2) is 23.7 Å². The van der Waals surface area contributed by atoms with Crippen molar-refractivity contribution >= 4 is 11.9 Å². The number of hydrogen-bond acceptors (Lipinski definition) is 4. The number of rotatable bonds is 1. The number of allylic oxidation sites excluding steroid dienone is 2. The maximum Gasteiger partial charge on any atom is 0.322 e. The summed E-state index contributed by atoms with van der Waals surface area (Å²) in [7, 11) is 0. The van der Waals surface area contributed by atoms with Gasteiger partial charge < -0.3 is 14.8 Å². The third kappa shape index (κ3) is 1.56. The summed E-state index contributed by atoms with van der Waals surface area (Å²) in [6.45, 7) is 2.79. The molecule has 18 heavy (non-hydrogen) atoms. The van der Waals surface area contributed by atoms with E-state index in [1.807, 2.05) is 12.2 Å². The molecule has 3 rings (SSSR count). The Balaban J connectivity index is 1.84. The van der Waals surface area contributed by atoms with Crippen LogP contribution in [0.5, 0.6) is 0 Å². The Kier molecular flexibility index (Phi) is 2.33. The number of urea groups is 1. The molecule has 2 N–H and O–H groups in total. The van der Waals surface area contributed by atoms with Gasteiger partial charge in [-0.1, -0.05) is 6.08 Å². The minimum absolute atomic E-state index is 0.135. The fourth-order valence-electron chi connectivity index (χ4n) is 2.45. The molecule has 0 aromatic rings. The maximum absolute atomic E-state index is 11.8. The van der Waals surface area contributed by atoms with Crippen LogP contribution in [0.1, 0.15) is 13.3 Å². The van der Waals surface area contributed by atoms with Crippen LogP contribution in [0.2, 0.25) is 0 Å². The molecule has 3 amide bonds. The van der Waals surface area contributed by atoms with Gasteiger partial charge in [-0.05, 0) is 13.0 Å². The van der Waals surface area contributed by atoms with E-state index in [9.17, 15) is 9.59 Å². The summed E-state index contributed by atoms with van der Waals surface area (Å²) < 4.78 is 11.0. The largest absolute Gasteiger partial charge is 0.490 e. The van der Waals surface area contributed by atoms with Crippen molar-refractivity contribution in [2.24, 2.45) is 5.92 Å². The van der Waals surface area contributed by atoms with Crippen molar-refractivity contribution in [3.05, 3.63) is 23.7 Å². The lowest BCUT2D eigenvalue weighted by Gasteiger charge is -2.33. The second kappa shape index (κ2) is 3.76. The summed E-state index contributed by atoms with van der Waals surface area (Å²) in [5, 5.41) is 4.94. The zero-order chi connectivity index (χ0) is 12.8. The number of ether oxygens (including phenoxy) is 2. The van der Waals surface area contributed by atoms with Gasteiger partial charge in [-0.15, -0.1) is 0 Å². The number of amides is 3. The van der Waals surface area contributed by atoms with Crippen LogP contribution in [0.3, 0.4) is 0 Å². The van der Waals surface area contributed by atoms with Gasteiger partial charge in [-0.3, -0.25) is 10.1 Å². The molecular formula is C12H14N2O4. The molecule has 2 unspecified atom stereocenters. The topological polar surface area (TPSA) is 76.7 Å². The summed E-state index contributed by atoms with van der Waals surface area (Å²) in [5.41, 5.74) is -0.924. The molecule has 0 spiro atoms. The Morgan fingerprint density at radius 2 is 2.11 bits per heavy atom. The summed E-state index contributed by atoms with van der Waals surface area (Å²) in [6, 6.07) is -0.448. The third-order valence-corrected chi connectivity index (χ3v) is 3.59. The minimum Gasteiger partial charge on any atom is -0.490 e. The summed E-state index contributed by atoms with van der Waals surface area (Å²) in [4.78, 5) is 23.1. The lowest BCUT2D eigenvalue weighted by molar-refractivity contribution is -0.124. The first-order valence-corrected chi connectivity index (χ1v) is 5.90. The van der Waals surface area contributed by atoms with Crippen LogP contribution < -0.4 is 10.6 Å². The van der Waals surface area contributed by atoms with E-state index >= 15 is 0 Å². The van der Waals surface area contributed by atoms with E-state index in [2.05, 4.69) is 10.6 Å². The van der Waals surface area contributed by atoms with Gasteiger partial charge >= 0.3 is 6.03 Å². The van der Waals surface area contributed by atoms with Gasteiger partial charge in [0, 0.05) is 12.3 Å². The van der Waals surface area contributed by atoms with Gasteiger partial charge in [0.25, 0.3) is 5.91 Å². The highest BCUT2D eigenvalue weighted by Crippen LogP contribution is 2.35. The molecular weight excluding hydrogens is 236 g/mol. The summed E-state index contributed by atoms with van der Waals surface area (Å²) in [6.07, 6.45) is 4.25. The first-order chi connectivity index (χ1) is 8.59. The van der Waals surface area contributed by atoms with Crippen LogP contribution in [-0.4, -0.2) is 30.7 Å². The second-order valence-corrected chi connectivity index (χ2v) is 4.76. The molecule has 96 valence electrons. The molecule has 0 bridgehead atoms. The van der Waals surface area contributed by atoms with Crippen molar-refractivity contribution < 1.29 is 19.1 Å². The van der Waals surface area contributed by atoms with E-state index in [-0.39, 0.29) is 11.8 Å². The van der Waals surface area contributed by atoms with Crippen molar-refractivity contribution in [2.75, 3.05) is 13.2 Å². The van der Waals surface area contributed by atoms with Crippen LogP contribution in [0, 0.1) is 5.92 Å². The number of carbonyl (C=O) groups is 2. The van der Waals surface area contributed by atoms with Crippen molar-refractivity contribution in [3.8, 4) is 0 Å². The van der Waals surface area contributed by atoms with E-state index in [4.69, 9.17) is 9.47 Å². The molecule has 6 nitrogen and oxygen atoms in total. The highest BCUT2D eigenvalue weighted by atomic mass is 16.6. The average Bonchev–Trinajstić information content (AvgIpc) is 2.63. The Morgan fingerprint density at radius 3 is 2.83 bits per heavy atom. The molecule has 1 fully saturated rings. The van der Waals surface area contributed by atoms with E-state index < -0.39 is 11.6 Å². The average molecular weight is 250 g/mol. The zero-order valence-corrected chi connectivity index (χ0v) is 9.99. The Hall–Kier alpha value is -1.98. The summed E-state index contributed by atoms with van der Waals surface area (Å²) >= 11 is 0. The molecule has 0 aromatic carbocycles. The first kappa shape index (κ1) is 11.1. The van der Waals surface area contributed by atoms with Gasteiger partial charge in [0.2, 0.25) is 0 Å². The molecule has 1 aliphatic carbocycles. The molecule has 2 aliphatic heterocycles.